The molecular weight excluding hydrogens is 436 g/mol. The quantitative estimate of drug-likeness (QED) is 0.489. The lowest BCUT2D eigenvalue weighted by Crippen LogP contribution is -2.46. The molecule has 0 saturated carbocycles. The highest BCUT2D eigenvalue weighted by Gasteiger charge is 2.31. The van der Waals surface area contributed by atoms with Crippen LogP contribution in [0.3, 0.4) is 0 Å². The number of nitrogens with two attached hydrogens (primary N) is 1. The van der Waals surface area contributed by atoms with Gasteiger partial charge >= 0.3 is 0 Å². The molecule has 0 saturated heterocycles. The van der Waals surface area contributed by atoms with E-state index in [4.69, 9.17) is 5.73 Å². The van der Waals surface area contributed by atoms with Crippen LogP contribution in [0.15, 0.2) is 85.0 Å². The molecule has 4 heterocycles. The molecule has 0 radical (unpaired) electrons. The Morgan fingerprint density at radius 3 is 2.83 bits per heavy atom. The van der Waals surface area contributed by atoms with E-state index < -0.39 is 5.91 Å². The fraction of sp³-hybridized carbons (Fsp3) is 0.250. The average molecular weight is 467 g/mol. The van der Waals surface area contributed by atoms with E-state index in [2.05, 4.69) is 69.8 Å². The molecule has 7 heteroatoms. The molecule has 1 amide bonds. The Bertz CT molecular complexity index is 1300. The summed E-state index contributed by atoms with van der Waals surface area (Å²) in [7, 11) is 0. The summed E-state index contributed by atoms with van der Waals surface area (Å²) in [5.41, 5.74) is 12.7. The lowest BCUT2D eigenvalue weighted by Gasteiger charge is -2.36. The van der Waals surface area contributed by atoms with E-state index in [0.717, 1.165) is 28.9 Å². The average Bonchev–Trinajstić information content (AvgIpc) is 3.17. The second kappa shape index (κ2) is 9.35. The van der Waals surface area contributed by atoms with Gasteiger partial charge in [-0.15, -0.1) is 0 Å². The van der Waals surface area contributed by atoms with Gasteiger partial charge in [-0.2, -0.15) is 0 Å². The van der Waals surface area contributed by atoms with Crippen LogP contribution in [0.4, 0.5) is 11.4 Å². The third-order valence-corrected chi connectivity index (χ3v) is 6.71. The molecule has 1 aromatic carbocycles. The third kappa shape index (κ3) is 4.68. The number of carbonyl (C=O) groups is 1. The Balaban J connectivity index is 1.48. The molecule has 2 aliphatic heterocycles. The predicted octanol–water partition coefficient (Wildman–Crippen LogP) is 3.90. The summed E-state index contributed by atoms with van der Waals surface area (Å²) >= 11 is 0. The van der Waals surface area contributed by atoms with Crippen LogP contribution >= 0.6 is 0 Å². The van der Waals surface area contributed by atoms with Gasteiger partial charge in [0, 0.05) is 54.7 Å². The van der Waals surface area contributed by atoms with Crippen molar-refractivity contribution in [1.29, 1.82) is 0 Å². The van der Waals surface area contributed by atoms with Gasteiger partial charge in [0.15, 0.2) is 0 Å². The fourth-order valence-electron chi connectivity index (χ4n) is 4.81. The second-order valence-electron chi connectivity index (χ2n) is 9.65. The van der Waals surface area contributed by atoms with Crippen LogP contribution in [-0.4, -0.2) is 28.6 Å². The number of hydrogen-bond donors (Lipinski definition) is 3. The van der Waals surface area contributed by atoms with Gasteiger partial charge in [-0.05, 0) is 65.1 Å². The molecule has 1 atom stereocenters. The number of primary amides is 1. The molecule has 0 aliphatic carbocycles. The molecular formula is C28H30N6O. The molecule has 0 spiro atoms. The molecule has 2 aliphatic rings. The summed E-state index contributed by atoms with van der Waals surface area (Å²) in [4.78, 5) is 22.6. The number of aromatic nitrogens is 2. The first kappa shape index (κ1) is 22.8. The number of amides is 1. The highest BCUT2D eigenvalue weighted by atomic mass is 16.1. The van der Waals surface area contributed by atoms with Gasteiger partial charge in [-0.1, -0.05) is 32.1 Å². The van der Waals surface area contributed by atoms with Crippen molar-refractivity contribution in [2.75, 3.05) is 16.8 Å². The minimum absolute atomic E-state index is 0.112. The molecule has 4 N–H and O–H groups in total. The van der Waals surface area contributed by atoms with Crippen molar-refractivity contribution in [3.63, 3.8) is 0 Å². The molecule has 0 bridgehead atoms. The first-order valence-corrected chi connectivity index (χ1v) is 11.8. The monoisotopic (exact) mass is 466 g/mol. The summed E-state index contributed by atoms with van der Waals surface area (Å²) in [5, 5.41) is 7.27. The largest absolute Gasteiger partial charge is 0.384 e. The Morgan fingerprint density at radius 1 is 1.20 bits per heavy atom. The van der Waals surface area contributed by atoms with Crippen molar-refractivity contribution in [3.05, 3.63) is 107 Å². The number of benzene rings is 1. The summed E-state index contributed by atoms with van der Waals surface area (Å²) in [6.07, 6.45) is 11.9. The van der Waals surface area contributed by atoms with Crippen molar-refractivity contribution in [2.45, 2.75) is 38.4 Å². The molecule has 7 nitrogen and oxygen atoms in total. The van der Waals surface area contributed by atoms with Gasteiger partial charge in [0.05, 0.1) is 0 Å². The Morgan fingerprint density at radius 2 is 2.03 bits per heavy atom. The van der Waals surface area contributed by atoms with Gasteiger partial charge < -0.3 is 16.0 Å². The maximum absolute atomic E-state index is 12.0. The normalized spacial score (nSPS) is 18.1. The van der Waals surface area contributed by atoms with Gasteiger partial charge in [0.2, 0.25) is 0 Å². The van der Waals surface area contributed by atoms with Gasteiger partial charge in [0.1, 0.15) is 11.9 Å². The molecule has 35 heavy (non-hydrogen) atoms. The second-order valence-corrected chi connectivity index (χ2v) is 9.65. The van der Waals surface area contributed by atoms with Crippen LogP contribution in [-0.2, 0) is 18.4 Å². The van der Waals surface area contributed by atoms with Crippen molar-refractivity contribution >= 4 is 17.3 Å². The number of anilines is 2. The lowest BCUT2D eigenvalue weighted by molar-refractivity contribution is 0.0994. The van der Waals surface area contributed by atoms with Crippen LogP contribution in [0.5, 0.6) is 0 Å². The standard InChI is InChI=1S/C28H30N6O/c1-28(2)18-33-24-16-22(7-8-23(24)28)34-14-4-6-21(15-20-5-3-11-31-25(20)26(29)35)27(34)32-17-19-9-12-30-13-10-19/h3-14,16,27,32-33H,15,17-18H2,1-2H3,(H2,29,35). The summed E-state index contributed by atoms with van der Waals surface area (Å²) < 4.78 is 0. The minimum atomic E-state index is -0.516. The van der Waals surface area contributed by atoms with Crippen LogP contribution in [0.25, 0.3) is 0 Å². The topological polar surface area (TPSA) is 96.2 Å². The zero-order valence-electron chi connectivity index (χ0n) is 20.0. The highest BCUT2D eigenvalue weighted by molar-refractivity contribution is 5.92. The number of hydrogen-bond acceptors (Lipinski definition) is 6. The number of pyridine rings is 2. The number of fused-ring (bicyclic) bond motifs is 1. The molecule has 1 unspecified atom stereocenters. The van der Waals surface area contributed by atoms with Crippen molar-refractivity contribution in [2.24, 2.45) is 5.73 Å². The van der Waals surface area contributed by atoms with E-state index in [9.17, 15) is 4.79 Å². The van der Waals surface area contributed by atoms with E-state index >= 15 is 0 Å². The van der Waals surface area contributed by atoms with E-state index in [-0.39, 0.29) is 11.6 Å². The summed E-state index contributed by atoms with van der Waals surface area (Å²) in [6, 6.07) is 14.4. The zero-order valence-corrected chi connectivity index (χ0v) is 20.0. The number of carbonyl (C=O) groups excluding carboxylic acids is 1. The Kier molecular flexibility index (Phi) is 6.09. The third-order valence-electron chi connectivity index (χ3n) is 6.71. The summed E-state index contributed by atoms with van der Waals surface area (Å²) in [6.45, 7) is 6.11. The van der Waals surface area contributed by atoms with Crippen LogP contribution < -0.4 is 21.3 Å². The summed E-state index contributed by atoms with van der Waals surface area (Å²) in [5.74, 6) is -0.516. The maximum atomic E-state index is 12.0. The Labute approximate surface area is 205 Å². The first-order chi connectivity index (χ1) is 16.9. The van der Waals surface area contributed by atoms with E-state index in [1.165, 1.54) is 11.3 Å². The van der Waals surface area contributed by atoms with Crippen molar-refractivity contribution in [1.82, 2.24) is 15.3 Å². The number of nitrogens with zero attached hydrogens (tertiary/aromatic N) is 3. The van der Waals surface area contributed by atoms with Crippen molar-refractivity contribution in [3.8, 4) is 0 Å². The molecule has 3 aromatic rings. The molecule has 178 valence electrons. The molecule has 5 rings (SSSR count). The maximum Gasteiger partial charge on any atom is 0.267 e. The lowest BCUT2D eigenvalue weighted by atomic mass is 9.87. The van der Waals surface area contributed by atoms with Gasteiger partial charge in [-0.3, -0.25) is 20.1 Å². The molecule has 2 aromatic heterocycles. The van der Waals surface area contributed by atoms with Crippen LogP contribution in [0, 0.1) is 0 Å². The van der Waals surface area contributed by atoms with Gasteiger partial charge in [-0.25, -0.2) is 0 Å². The van der Waals surface area contributed by atoms with Crippen molar-refractivity contribution < 1.29 is 4.79 Å². The molecule has 0 fully saturated rings. The highest BCUT2D eigenvalue weighted by Crippen LogP contribution is 2.39. The number of allylic oxidation sites excluding steroid dienone is 2. The smallest absolute Gasteiger partial charge is 0.267 e. The van der Waals surface area contributed by atoms with E-state index in [0.29, 0.717) is 18.7 Å². The first-order valence-electron chi connectivity index (χ1n) is 11.8. The number of nitrogens with one attached hydrogen (secondary N) is 2. The van der Waals surface area contributed by atoms with Crippen LogP contribution in [0.2, 0.25) is 0 Å². The van der Waals surface area contributed by atoms with E-state index in [1.807, 2.05) is 30.3 Å². The Hall–Kier alpha value is -3.97. The fourth-order valence-corrected chi connectivity index (χ4v) is 4.81. The van der Waals surface area contributed by atoms with Gasteiger partial charge in [0.25, 0.3) is 5.91 Å². The minimum Gasteiger partial charge on any atom is -0.384 e. The van der Waals surface area contributed by atoms with E-state index in [1.54, 1.807) is 18.6 Å². The van der Waals surface area contributed by atoms with Crippen LogP contribution in [0.1, 0.15) is 41.0 Å². The predicted molar refractivity (Wildman–Crippen MR) is 139 cm³/mol. The SMILES string of the molecule is CC1(C)CNc2cc(N3C=CC=C(Cc4cccnc4C(N)=O)C3NCc3ccncc3)ccc21. The zero-order chi connectivity index (χ0) is 24.4. The number of rotatable bonds is 7.